The number of hydrogen-bond donors (Lipinski definition) is 1. The number of nitrogens with zero attached hydrogens (tertiary/aromatic N) is 2. The third-order valence-corrected chi connectivity index (χ3v) is 6.77. The Morgan fingerprint density at radius 1 is 1.26 bits per heavy atom. The molecule has 0 aliphatic carbocycles. The summed E-state index contributed by atoms with van der Waals surface area (Å²) in [5.74, 6) is -1.03. The SMILES string of the molecule is CCN(CC)CCCN1C(=O)C(=O)/C(=C(/O)c2ccc(OC)c(Cl)c2)[C@@H]1c1cccs1. The number of Topliss-reactive ketones (excluding diaryl/α,β-unsaturated/α-hetero) is 1. The van der Waals surface area contributed by atoms with Crippen LogP contribution < -0.4 is 4.74 Å². The number of carbonyl (C=O) groups excluding carboxylic acids is 2. The van der Waals surface area contributed by atoms with Gasteiger partial charge < -0.3 is 19.6 Å². The quantitative estimate of drug-likeness (QED) is 0.336. The summed E-state index contributed by atoms with van der Waals surface area (Å²) in [6, 6.07) is 7.93. The molecule has 1 fully saturated rings. The number of halogens is 1. The molecule has 3 rings (SSSR count). The Labute approximate surface area is 191 Å². The highest BCUT2D eigenvalue weighted by molar-refractivity contribution is 7.10. The maximum atomic E-state index is 13.0. The number of rotatable bonds is 9. The van der Waals surface area contributed by atoms with E-state index in [1.165, 1.54) is 24.5 Å². The van der Waals surface area contributed by atoms with E-state index in [2.05, 4.69) is 18.7 Å². The molecule has 0 radical (unpaired) electrons. The summed E-state index contributed by atoms with van der Waals surface area (Å²) in [5, 5.41) is 13.3. The third-order valence-electron chi connectivity index (χ3n) is 5.55. The topological polar surface area (TPSA) is 70.1 Å². The number of benzene rings is 1. The van der Waals surface area contributed by atoms with Crippen molar-refractivity contribution >= 4 is 40.4 Å². The first kappa shape index (κ1) is 23.3. The molecular weight excluding hydrogens is 436 g/mol. The molecule has 2 heterocycles. The Hall–Kier alpha value is -2.35. The van der Waals surface area contributed by atoms with Gasteiger partial charge in [0.05, 0.1) is 23.7 Å². The van der Waals surface area contributed by atoms with E-state index in [0.29, 0.717) is 22.9 Å². The summed E-state index contributed by atoms with van der Waals surface area (Å²) >= 11 is 7.67. The highest BCUT2D eigenvalue weighted by atomic mass is 35.5. The van der Waals surface area contributed by atoms with Gasteiger partial charge in [0.2, 0.25) is 0 Å². The first-order valence-electron chi connectivity index (χ1n) is 10.3. The van der Waals surface area contributed by atoms with E-state index in [-0.39, 0.29) is 11.3 Å². The van der Waals surface area contributed by atoms with E-state index in [1.54, 1.807) is 17.0 Å². The van der Waals surface area contributed by atoms with Gasteiger partial charge in [0.1, 0.15) is 11.5 Å². The van der Waals surface area contributed by atoms with E-state index < -0.39 is 17.7 Å². The molecule has 166 valence electrons. The Balaban J connectivity index is 1.98. The molecule has 1 amide bonds. The average Bonchev–Trinajstić information content (AvgIpc) is 3.38. The summed E-state index contributed by atoms with van der Waals surface area (Å²) < 4.78 is 5.16. The van der Waals surface area contributed by atoms with Crippen LogP contribution in [-0.4, -0.2) is 59.9 Å². The van der Waals surface area contributed by atoms with Crippen LogP contribution >= 0.6 is 22.9 Å². The molecule has 31 heavy (non-hydrogen) atoms. The van der Waals surface area contributed by atoms with Gasteiger partial charge in [0.15, 0.2) is 0 Å². The van der Waals surface area contributed by atoms with Crippen molar-refractivity contribution in [2.45, 2.75) is 26.3 Å². The van der Waals surface area contributed by atoms with E-state index in [0.717, 1.165) is 30.9 Å². The van der Waals surface area contributed by atoms with Crippen LogP contribution in [0.5, 0.6) is 5.75 Å². The molecule has 1 atom stereocenters. The zero-order valence-electron chi connectivity index (χ0n) is 17.9. The Bertz CT molecular complexity index is 970. The number of likely N-dealkylation sites (tertiary alicyclic amines) is 1. The van der Waals surface area contributed by atoms with Gasteiger partial charge in [-0.1, -0.05) is 31.5 Å². The Morgan fingerprint density at radius 3 is 2.58 bits per heavy atom. The molecule has 0 unspecified atom stereocenters. The predicted octanol–water partition coefficient (Wildman–Crippen LogP) is 4.56. The summed E-state index contributed by atoms with van der Waals surface area (Å²) in [7, 11) is 1.50. The number of thiophene rings is 1. The summed E-state index contributed by atoms with van der Waals surface area (Å²) in [6.45, 7) is 7.33. The minimum atomic E-state index is -0.675. The lowest BCUT2D eigenvalue weighted by Gasteiger charge is -2.25. The van der Waals surface area contributed by atoms with Crippen LogP contribution in [0.25, 0.3) is 5.76 Å². The molecule has 1 aromatic carbocycles. The van der Waals surface area contributed by atoms with Crippen molar-refractivity contribution in [3.63, 3.8) is 0 Å². The third kappa shape index (κ3) is 4.79. The maximum Gasteiger partial charge on any atom is 0.295 e. The van der Waals surface area contributed by atoms with Crippen molar-refractivity contribution in [2.24, 2.45) is 0 Å². The second-order valence-corrected chi connectivity index (χ2v) is 8.62. The molecule has 1 aliphatic rings. The monoisotopic (exact) mass is 462 g/mol. The predicted molar refractivity (Wildman–Crippen MR) is 124 cm³/mol. The number of ether oxygens (including phenoxy) is 1. The van der Waals surface area contributed by atoms with Crippen LogP contribution in [0.4, 0.5) is 0 Å². The molecule has 1 N–H and O–H groups in total. The molecular formula is C23H27ClN2O4S. The van der Waals surface area contributed by atoms with Crippen molar-refractivity contribution in [2.75, 3.05) is 33.3 Å². The maximum absolute atomic E-state index is 13.0. The zero-order chi connectivity index (χ0) is 22.5. The average molecular weight is 463 g/mol. The molecule has 2 aromatic rings. The molecule has 1 aromatic heterocycles. The van der Waals surface area contributed by atoms with Crippen LogP contribution in [0.2, 0.25) is 5.02 Å². The summed E-state index contributed by atoms with van der Waals surface area (Å²) in [5.41, 5.74) is 0.463. The van der Waals surface area contributed by atoms with Gasteiger partial charge in [-0.05, 0) is 55.7 Å². The van der Waals surface area contributed by atoms with Crippen LogP contribution in [0.1, 0.15) is 36.8 Å². The number of carbonyl (C=O) groups is 2. The van der Waals surface area contributed by atoms with Crippen molar-refractivity contribution < 1.29 is 19.4 Å². The van der Waals surface area contributed by atoms with Crippen molar-refractivity contribution in [1.29, 1.82) is 0 Å². The van der Waals surface area contributed by atoms with Crippen LogP contribution in [-0.2, 0) is 9.59 Å². The number of amides is 1. The van der Waals surface area contributed by atoms with Crippen molar-refractivity contribution in [1.82, 2.24) is 9.80 Å². The van der Waals surface area contributed by atoms with Gasteiger partial charge in [0.25, 0.3) is 11.7 Å². The smallest absolute Gasteiger partial charge is 0.295 e. The normalized spacial score (nSPS) is 18.2. The molecule has 1 aliphatic heterocycles. The molecule has 0 spiro atoms. The number of hydrogen-bond acceptors (Lipinski definition) is 6. The number of methoxy groups -OCH3 is 1. The minimum Gasteiger partial charge on any atom is -0.507 e. The fraction of sp³-hybridized carbons (Fsp3) is 0.391. The summed E-state index contributed by atoms with van der Waals surface area (Å²) in [6.07, 6.45) is 0.741. The second kappa shape index (κ2) is 10.3. The highest BCUT2D eigenvalue weighted by Gasteiger charge is 2.46. The fourth-order valence-corrected chi connectivity index (χ4v) is 4.93. The Kier molecular flexibility index (Phi) is 7.75. The molecule has 6 nitrogen and oxygen atoms in total. The molecule has 0 bridgehead atoms. The van der Waals surface area contributed by atoms with E-state index >= 15 is 0 Å². The van der Waals surface area contributed by atoms with E-state index in [9.17, 15) is 14.7 Å². The van der Waals surface area contributed by atoms with E-state index in [1.807, 2.05) is 17.5 Å². The standard InChI is InChI=1S/C23H27ClN2O4S/c1-4-25(5-2)11-7-12-26-20(18-8-6-13-31-18)19(22(28)23(26)29)21(27)15-9-10-17(30-3)16(24)14-15/h6,8-10,13-14,20,27H,4-5,7,11-12H2,1-3H3/b21-19+/t20-/m0/s1. The largest absolute Gasteiger partial charge is 0.507 e. The molecule has 0 saturated carbocycles. The van der Waals surface area contributed by atoms with Crippen LogP contribution in [0, 0.1) is 0 Å². The Morgan fingerprint density at radius 2 is 2.00 bits per heavy atom. The molecule has 8 heteroatoms. The highest BCUT2D eigenvalue weighted by Crippen LogP contribution is 2.41. The number of aliphatic hydroxyl groups is 1. The van der Waals surface area contributed by atoms with Gasteiger partial charge in [0, 0.05) is 17.0 Å². The van der Waals surface area contributed by atoms with Crippen LogP contribution in [0.3, 0.4) is 0 Å². The lowest BCUT2D eigenvalue weighted by atomic mass is 9.99. The first-order chi connectivity index (χ1) is 14.9. The van der Waals surface area contributed by atoms with Crippen molar-refractivity contribution in [3.8, 4) is 5.75 Å². The van der Waals surface area contributed by atoms with Crippen molar-refractivity contribution in [3.05, 3.63) is 56.7 Å². The van der Waals surface area contributed by atoms with Gasteiger partial charge >= 0.3 is 0 Å². The second-order valence-electron chi connectivity index (χ2n) is 7.24. The fourth-order valence-electron chi connectivity index (χ4n) is 3.83. The van der Waals surface area contributed by atoms with E-state index in [4.69, 9.17) is 16.3 Å². The molecule has 1 saturated heterocycles. The number of ketones is 1. The van der Waals surface area contributed by atoms with Gasteiger partial charge in [-0.3, -0.25) is 9.59 Å². The van der Waals surface area contributed by atoms with Gasteiger partial charge in [-0.25, -0.2) is 0 Å². The lowest BCUT2D eigenvalue weighted by Crippen LogP contribution is -2.33. The van der Waals surface area contributed by atoms with Crippen LogP contribution in [0.15, 0.2) is 41.3 Å². The lowest BCUT2D eigenvalue weighted by molar-refractivity contribution is -0.139. The van der Waals surface area contributed by atoms with Gasteiger partial charge in [-0.2, -0.15) is 0 Å². The van der Waals surface area contributed by atoms with Gasteiger partial charge in [-0.15, -0.1) is 11.3 Å². The zero-order valence-corrected chi connectivity index (χ0v) is 19.5. The minimum absolute atomic E-state index is 0.0940. The first-order valence-corrected chi connectivity index (χ1v) is 11.6. The summed E-state index contributed by atoms with van der Waals surface area (Å²) in [4.78, 5) is 30.6. The number of aliphatic hydroxyl groups excluding tert-OH is 1.